The van der Waals surface area contributed by atoms with Gasteiger partial charge in [-0.05, 0) is 25.7 Å². The van der Waals surface area contributed by atoms with Crippen LogP contribution in [-0.4, -0.2) is 49.8 Å². The number of rotatable bonds is 6. The number of hydrogen-bond donors (Lipinski definition) is 2. The maximum Gasteiger partial charge on any atom is 0.343 e. The van der Waals surface area contributed by atoms with Crippen LogP contribution < -0.4 is 11.4 Å². The summed E-state index contributed by atoms with van der Waals surface area (Å²) in [6.07, 6.45) is 3.20. The van der Waals surface area contributed by atoms with Crippen LogP contribution in [0.4, 0.5) is 0 Å². The molecule has 0 bridgehead atoms. The molecule has 0 unspecified atom stereocenters. The van der Waals surface area contributed by atoms with Gasteiger partial charge in [0.2, 0.25) is 11.8 Å². The summed E-state index contributed by atoms with van der Waals surface area (Å²) in [5.41, 5.74) is 5.09. The quantitative estimate of drug-likeness (QED) is 0.711. The van der Waals surface area contributed by atoms with Crippen molar-refractivity contribution in [2.24, 2.45) is 5.73 Å². The number of aromatic amines is 1. The number of thioether (sulfide) groups is 1. The molecule has 0 spiro atoms. The zero-order chi connectivity index (χ0) is 16.1. The Kier molecular flexibility index (Phi) is 5.64. The molecule has 1 aromatic heterocycles. The highest BCUT2D eigenvalue weighted by Gasteiger charge is 2.30. The van der Waals surface area contributed by atoms with E-state index in [0.717, 1.165) is 19.3 Å². The molecule has 2 rings (SSSR count). The largest absolute Gasteiger partial charge is 0.368 e. The molecule has 0 saturated carbocycles. The minimum Gasteiger partial charge on any atom is -0.368 e. The van der Waals surface area contributed by atoms with Gasteiger partial charge in [0.25, 0.3) is 0 Å². The average Bonchev–Trinajstić information content (AvgIpc) is 2.86. The van der Waals surface area contributed by atoms with Crippen molar-refractivity contribution in [1.29, 1.82) is 0 Å². The van der Waals surface area contributed by atoms with E-state index >= 15 is 0 Å². The third kappa shape index (κ3) is 3.70. The van der Waals surface area contributed by atoms with Crippen LogP contribution >= 0.6 is 11.8 Å². The fourth-order valence-corrected chi connectivity index (χ4v) is 3.43. The highest BCUT2D eigenvalue weighted by molar-refractivity contribution is 7.99. The number of amides is 2. The predicted molar refractivity (Wildman–Crippen MR) is 82.4 cm³/mol. The fraction of sp³-hybridized carbons (Fsp3) is 0.692. The molecule has 9 heteroatoms. The lowest BCUT2D eigenvalue weighted by atomic mass is 10.0. The van der Waals surface area contributed by atoms with Crippen molar-refractivity contribution in [3.63, 3.8) is 0 Å². The number of piperidine rings is 1. The third-order valence-corrected chi connectivity index (χ3v) is 4.61. The number of carbonyl (C=O) groups is 2. The van der Waals surface area contributed by atoms with Crippen LogP contribution in [0.1, 0.15) is 32.6 Å². The van der Waals surface area contributed by atoms with Crippen LogP contribution in [0.3, 0.4) is 0 Å². The number of nitrogens with two attached hydrogens (primary N) is 1. The van der Waals surface area contributed by atoms with E-state index in [4.69, 9.17) is 5.73 Å². The minimum atomic E-state index is -0.515. The number of likely N-dealkylation sites (tertiary alicyclic amines) is 1. The number of nitrogens with zero attached hydrogens (tertiary/aromatic N) is 3. The molecular formula is C13H21N5O3S. The van der Waals surface area contributed by atoms with Crippen molar-refractivity contribution in [2.45, 2.75) is 50.4 Å². The molecule has 3 N–H and O–H groups in total. The average molecular weight is 327 g/mol. The first-order chi connectivity index (χ1) is 10.5. The summed E-state index contributed by atoms with van der Waals surface area (Å²) in [7, 11) is 0. The number of aromatic nitrogens is 3. The zero-order valence-electron chi connectivity index (χ0n) is 12.6. The van der Waals surface area contributed by atoms with E-state index in [1.54, 1.807) is 4.90 Å². The maximum absolute atomic E-state index is 12.3. The van der Waals surface area contributed by atoms with E-state index in [9.17, 15) is 14.4 Å². The van der Waals surface area contributed by atoms with Crippen LogP contribution in [0, 0.1) is 0 Å². The number of nitrogens with one attached hydrogen (secondary N) is 1. The van der Waals surface area contributed by atoms with Gasteiger partial charge in [0.05, 0.1) is 5.75 Å². The molecule has 2 amide bonds. The molecular weight excluding hydrogens is 306 g/mol. The van der Waals surface area contributed by atoms with Crippen molar-refractivity contribution >= 4 is 23.6 Å². The van der Waals surface area contributed by atoms with Gasteiger partial charge in [-0.2, -0.15) is 0 Å². The lowest BCUT2D eigenvalue weighted by Crippen LogP contribution is -2.51. The molecule has 0 aliphatic carbocycles. The number of carbonyl (C=O) groups excluding carboxylic acids is 2. The Balaban J connectivity index is 2.00. The first kappa shape index (κ1) is 16.6. The molecule has 22 heavy (non-hydrogen) atoms. The molecule has 1 fully saturated rings. The van der Waals surface area contributed by atoms with Crippen molar-refractivity contribution in [2.75, 3.05) is 12.3 Å². The van der Waals surface area contributed by atoms with Crippen LogP contribution in [0.2, 0.25) is 0 Å². The van der Waals surface area contributed by atoms with Gasteiger partial charge >= 0.3 is 5.69 Å². The molecule has 1 atom stereocenters. The van der Waals surface area contributed by atoms with E-state index in [1.807, 2.05) is 6.92 Å². The molecule has 1 saturated heterocycles. The highest BCUT2D eigenvalue weighted by atomic mass is 32.2. The molecule has 0 aromatic carbocycles. The normalized spacial score (nSPS) is 18.4. The van der Waals surface area contributed by atoms with Crippen LogP contribution in [-0.2, 0) is 16.1 Å². The van der Waals surface area contributed by atoms with Gasteiger partial charge in [0.15, 0.2) is 5.16 Å². The summed E-state index contributed by atoms with van der Waals surface area (Å²) in [6, 6.07) is -0.515. The molecule has 122 valence electrons. The topological polar surface area (TPSA) is 114 Å². The van der Waals surface area contributed by atoms with E-state index in [0.29, 0.717) is 24.7 Å². The second-order valence-electron chi connectivity index (χ2n) is 5.25. The fourth-order valence-electron chi connectivity index (χ4n) is 2.57. The Morgan fingerprint density at radius 2 is 2.23 bits per heavy atom. The second kappa shape index (κ2) is 7.48. The van der Waals surface area contributed by atoms with E-state index in [-0.39, 0.29) is 17.3 Å². The van der Waals surface area contributed by atoms with Crippen molar-refractivity contribution in [3.05, 3.63) is 10.5 Å². The Morgan fingerprint density at radius 1 is 1.45 bits per heavy atom. The number of hydrogen-bond acceptors (Lipinski definition) is 5. The summed E-state index contributed by atoms with van der Waals surface area (Å²) < 4.78 is 1.51. The molecule has 1 aliphatic rings. The summed E-state index contributed by atoms with van der Waals surface area (Å²) in [5, 5.41) is 6.81. The van der Waals surface area contributed by atoms with Crippen molar-refractivity contribution < 1.29 is 9.59 Å². The Bertz CT molecular complexity index is 597. The smallest absolute Gasteiger partial charge is 0.343 e. The summed E-state index contributed by atoms with van der Waals surface area (Å²) in [4.78, 5) is 36.9. The van der Waals surface area contributed by atoms with Crippen LogP contribution in [0.25, 0.3) is 0 Å². The third-order valence-electron chi connectivity index (χ3n) is 3.65. The number of primary amides is 1. The van der Waals surface area contributed by atoms with Gasteiger partial charge in [-0.3, -0.25) is 14.2 Å². The molecule has 0 radical (unpaired) electrons. The van der Waals surface area contributed by atoms with Crippen molar-refractivity contribution in [3.8, 4) is 0 Å². The van der Waals surface area contributed by atoms with Crippen LogP contribution in [0.15, 0.2) is 9.95 Å². The highest BCUT2D eigenvalue weighted by Crippen LogP contribution is 2.20. The standard InChI is InChI=1S/C13H21N5O3S/c1-2-6-18-12(21)15-16-13(18)22-8-10(19)17-7-4-3-5-9(17)11(14)20/h9H,2-8H2,1H3,(H2,14,20)(H,15,21)/t9-/m0/s1. The monoisotopic (exact) mass is 327 g/mol. The molecule has 1 aromatic rings. The van der Waals surface area contributed by atoms with Crippen LogP contribution in [0.5, 0.6) is 0 Å². The van der Waals surface area contributed by atoms with Gasteiger partial charge in [0.1, 0.15) is 6.04 Å². The minimum absolute atomic E-state index is 0.137. The van der Waals surface area contributed by atoms with Gasteiger partial charge < -0.3 is 10.6 Å². The van der Waals surface area contributed by atoms with E-state index in [2.05, 4.69) is 10.2 Å². The molecule has 1 aliphatic heterocycles. The molecule has 8 nitrogen and oxygen atoms in total. The lowest BCUT2D eigenvalue weighted by Gasteiger charge is -2.33. The van der Waals surface area contributed by atoms with Gasteiger partial charge in [0, 0.05) is 13.1 Å². The van der Waals surface area contributed by atoms with Gasteiger partial charge in [-0.25, -0.2) is 9.89 Å². The zero-order valence-corrected chi connectivity index (χ0v) is 13.4. The van der Waals surface area contributed by atoms with E-state index in [1.165, 1.54) is 16.3 Å². The SMILES string of the molecule is CCCn1c(SCC(=O)N2CCCC[C@H]2C(N)=O)n[nH]c1=O. The summed E-state index contributed by atoms with van der Waals surface area (Å²) >= 11 is 1.20. The number of H-pyrrole nitrogens is 1. The Morgan fingerprint density at radius 3 is 2.91 bits per heavy atom. The maximum atomic E-state index is 12.3. The lowest BCUT2D eigenvalue weighted by molar-refractivity contribution is -0.138. The molecule has 2 heterocycles. The van der Waals surface area contributed by atoms with Crippen molar-refractivity contribution in [1.82, 2.24) is 19.7 Å². The van der Waals surface area contributed by atoms with Gasteiger partial charge in [-0.15, -0.1) is 5.10 Å². The second-order valence-corrected chi connectivity index (χ2v) is 6.20. The predicted octanol–water partition coefficient (Wildman–Crippen LogP) is -0.0601. The van der Waals surface area contributed by atoms with Gasteiger partial charge in [-0.1, -0.05) is 18.7 Å². The summed E-state index contributed by atoms with van der Waals surface area (Å²) in [6.45, 7) is 3.07. The Labute approximate surface area is 132 Å². The Hall–Kier alpha value is -1.77. The van der Waals surface area contributed by atoms with E-state index < -0.39 is 11.9 Å². The first-order valence-electron chi connectivity index (χ1n) is 7.41. The first-order valence-corrected chi connectivity index (χ1v) is 8.40. The summed E-state index contributed by atoms with van der Waals surface area (Å²) in [5.74, 6) is -0.467.